The Hall–Kier alpha value is -1.93. The Balaban J connectivity index is 3.99. The topological polar surface area (TPSA) is 129 Å². The van der Waals surface area contributed by atoms with E-state index in [1.54, 1.807) is 0 Å². The van der Waals surface area contributed by atoms with Crippen molar-refractivity contribution in [1.29, 1.82) is 0 Å². The quantitative estimate of drug-likeness (QED) is 0.699. The third-order valence-electron chi connectivity index (χ3n) is 2.49. The van der Waals surface area contributed by atoms with E-state index in [2.05, 4.69) is 0 Å². The van der Waals surface area contributed by atoms with E-state index >= 15 is 0 Å². The second-order valence-electron chi connectivity index (χ2n) is 3.66. The lowest BCUT2D eigenvalue weighted by Crippen LogP contribution is -2.17. The fourth-order valence-electron chi connectivity index (χ4n) is 1.59. The first-order valence-electron chi connectivity index (χ1n) is 4.65. The zero-order valence-corrected chi connectivity index (χ0v) is 10.3. The number of carboxylic acid groups (broad SMARTS) is 2. The molecular formula is C10H10O7S. The highest BCUT2D eigenvalue weighted by atomic mass is 32.2. The summed E-state index contributed by atoms with van der Waals surface area (Å²) in [5, 5.41) is 17.8. The molecule has 0 bridgehead atoms. The minimum absolute atomic E-state index is 0.0000926. The van der Waals surface area contributed by atoms with Gasteiger partial charge >= 0.3 is 11.9 Å². The normalized spacial score (nSPS) is 11.3. The Labute approximate surface area is 102 Å². The molecule has 0 fully saturated rings. The van der Waals surface area contributed by atoms with Gasteiger partial charge in [0.15, 0.2) is 0 Å². The number of aryl methyl sites for hydroxylation is 1. The first kappa shape index (κ1) is 14.1. The molecule has 8 heteroatoms. The van der Waals surface area contributed by atoms with Crippen molar-refractivity contribution in [1.82, 2.24) is 0 Å². The third kappa shape index (κ3) is 2.34. The zero-order valence-electron chi connectivity index (χ0n) is 9.46. The van der Waals surface area contributed by atoms with Gasteiger partial charge in [-0.1, -0.05) is 0 Å². The fraction of sp³-hybridized carbons (Fsp3) is 0.200. The second-order valence-corrected chi connectivity index (χ2v) is 5.01. The summed E-state index contributed by atoms with van der Waals surface area (Å²) in [6.07, 6.45) is 0. The van der Waals surface area contributed by atoms with Gasteiger partial charge < -0.3 is 10.2 Å². The van der Waals surface area contributed by atoms with Gasteiger partial charge in [-0.05, 0) is 31.0 Å². The molecule has 18 heavy (non-hydrogen) atoms. The molecule has 0 aliphatic carbocycles. The van der Waals surface area contributed by atoms with Crippen molar-refractivity contribution in [3.8, 4) is 0 Å². The highest BCUT2D eigenvalue weighted by Crippen LogP contribution is 2.27. The lowest BCUT2D eigenvalue weighted by molar-refractivity contribution is 0.0647. The van der Waals surface area contributed by atoms with Gasteiger partial charge in [0.05, 0.1) is 11.1 Å². The molecule has 0 amide bonds. The molecule has 1 rings (SSSR count). The van der Waals surface area contributed by atoms with Gasteiger partial charge in [-0.3, -0.25) is 4.55 Å². The van der Waals surface area contributed by atoms with Crippen molar-refractivity contribution in [2.45, 2.75) is 18.7 Å². The largest absolute Gasteiger partial charge is 0.478 e. The van der Waals surface area contributed by atoms with E-state index < -0.39 is 38.1 Å². The van der Waals surface area contributed by atoms with Gasteiger partial charge in [0, 0.05) is 0 Å². The van der Waals surface area contributed by atoms with E-state index in [0.717, 1.165) is 6.07 Å². The van der Waals surface area contributed by atoms with Gasteiger partial charge in [0.2, 0.25) is 0 Å². The predicted octanol–water partition coefficient (Wildman–Crippen LogP) is 0.947. The van der Waals surface area contributed by atoms with E-state index in [4.69, 9.17) is 14.8 Å². The van der Waals surface area contributed by atoms with E-state index in [9.17, 15) is 18.0 Å². The summed E-state index contributed by atoms with van der Waals surface area (Å²) in [4.78, 5) is 21.1. The molecule has 3 N–H and O–H groups in total. The molecule has 0 saturated carbocycles. The molecule has 0 aliphatic heterocycles. The first-order chi connectivity index (χ1) is 8.07. The number of rotatable bonds is 3. The van der Waals surface area contributed by atoms with Crippen LogP contribution >= 0.6 is 0 Å². The average Bonchev–Trinajstić information content (AvgIpc) is 2.18. The van der Waals surface area contributed by atoms with Gasteiger partial charge in [-0.15, -0.1) is 0 Å². The molecule has 0 atom stereocenters. The van der Waals surface area contributed by atoms with Crippen LogP contribution in [0.15, 0.2) is 11.0 Å². The van der Waals surface area contributed by atoms with Crippen molar-refractivity contribution in [2.75, 3.05) is 0 Å². The molecule has 98 valence electrons. The fourth-order valence-corrected chi connectivity index (χ4v) is 2.59. The zero-order chi connectivity index (χ0) is 14.2. The monoisotopic (exact) mass is 274 g/mol. The Morgan fingerprint density at radius 1 is 1.11 bits per heavy atom. The SMILES string of the molecule is Cc1cc(C(=O)O)c(C(=O)O)c(S(=O)(=O)O)c1C. The van der Waals surface area contributed by atoms with Gasteiger partial charge in [-0.25, -0.2) is 9.59 Å². The van der Waals surface area contributed by atoms with Gasteiger partial charge in [0.1, 0.15) is 4.90 Å². The van der Waals surface area contributed by atoms with Crippen LogP contribution in [0.2, 0.25) is 0 Å². The number of aromatic carboxylic acids is 2. The average molecular weight is 274 g/mol. The molecule has 1 aromatic rings. The minimum atomic E-state index is -4.83. The van der Waals surface area contributed by atoms with Crippen LogP contribution in [0, 0.1) is 13.8 Å². The minimum Gasteiger partial charge on any atom is -0.478 e. The smallest absolute Gasteiger partial charge is 0.338 e. The summed E-state index contributed by atoms with van der Waals surface area (Å²) >= 11 is 0. The van der Waals surface area contributed by atoms with E-state index in [1.807, 2.05) is 0 Å². The number of carboxylic acids is 2. The van der Waals surface area contributed by atoms with E-state index in [-0.39, 0.29) is 11.1 Å². The molecule has 7 nitrogen and oxygen atoms in total. The Kier molecular flexibility index (Phi) is 3.45. The van der Waals surface area contributed by atoms with Gasteiger partial charge in [0.25, 0.3) is 10.1 Å². The third-order valence-corrected chi connectivity index (χ3v) is 3.52. The molecule has 0 aliphatic rings. The maximum Gasteiger partial charge on any atom is 0.338 e. The number of hydrogen-bond donors (Lipinski definition) is 3. The lowest BCUT2D eigenvalue weighted by atomic mass is 9.99. The van der Waals surface area contributed by atoms with Crippen LogP contribution < -0.4 is 0 Å². The summed E-state index contributed by atoms with van der Waals surface area (Å²) < 4.78 is 31.5. The molecule has 0 unspecified atom stereocenters. The number of carbonyl (C=O) groups is 2. The first-order valence-corrected chi connectivity index (χ1v) is 6.09. The summed E-state index contributed by atoms with van der Waals surface area (Å²) in [5.74, 6) is -3.32. The lowest BCUT2D eigenvalue weighted by Gasteiger charge is -2.12. The van der Waals surface area contributed by atoms with E-state index in [1.165, 1.54) is 13.8 Å². The Morgan fingerprint density at radius 2 is 1.61 bits per heavy atom. The molecule has 0 heterocycles. The standard InChI is InChI=1S/C10H10O7S/c1-4-3-6(9(11)12)7(10(13)14)8(5(4)2)18(15,16)17/h3H,1-2H3,(H,11,12)(H,13,14)(H,15,16,17). The van der Waals surface area contributed by atoms with Crippen molar-refractivity contribution in [3.05, 3.63) is 28.3 Å². The molecule has 1 aromatic carbocycles. The van der Waals surface area contributed by atoms with Crippen LogP contribution in [-0.2, 0) is 10.1 Å². The summed E-state index contributed by atoms with van der Waals surface area (Å²) in [6, 6.07) is 1.05. The Morgan fingerprint density at radius 3 is 1.94 bits per heavy atom. The highest BCUT2D eigenvalue weighted by Gasteiger charge is 2.29. The Bertz CT molecular complexity index is 643. The number of hydrogen-bond acceptors (Lipinski definition) is 4. The van der Waals surface area contributed by atoms with E-state index in [0.29, 0.717) is 0 Å². The van der Waals surface area contributed by atoms with Crippen molar-refractivity contribution in [2.24, 2.45) is 0 Å². The predicted molar refractivity (Wildman–Crippen MR) is 59.6 cm³/mol. The van der Waals surface area contributed by atoms with Crippen LogP contribution in [-0.4, -0.2) is 35.1 Å². The van der Waals surface area contributed by atoms with Crippen LogP contribution in [0.25, 0.3) is 0 Å². The van der Waals surface area contributed by atoms with Crippen LogP contribution in [0.5, 0.6) is 0 Å². The van der Waals surface area contributed by atoms with Gasteiger partial charge in [-0.2, -0.15) is 8.42 Å². The maximum absolute atomic E-state index is 11.2. The molecule has 0 spiro atoms. The molecular weight excluding hydrogens is 264 g/mol. The highest BCUT2D eigenvalue weighted by molar-refractivity contribution is 7.86. The summed E-state index contributed by atoms with van der Waals surface area (Å²) in [6.45, 7) is 2.71. The van der Waals surface area contributed by atoms with Crippen molar-refractivity contribution in [3.63, 3.8) is 0 Å². The molecule has 0 aromatic heterocycles. The van der Waals surface area contributed by atoms with Crippen LogP contribution in [0.4, 0.5) is 0 Å². The van der Waals surface area contributed by atoms with Crippen molar-refractivity contribution >= 4 is 22.1 Å². The molecule has 0 saturated heterocycles. The summed E-state index contributed by atoms with van der Waals surface area (Å²) in [5.41, 5.74) is -1.36. The van der Waals surface area contributed by atoms with Crippen LogP contribution in [0.1, 0.15) is 31.8 Å². The second kappa shape index (κ2) is 4.39. The molecule has 0 radical (unpaired) electrons. The van der Waals surface area contributed by atoms with Crippen LogP contribution in [0.3, 0.4) is 0 Å². The van der Waals surface area contributed by atoms with Crippen molar-refractivity contribution < 1.29 is 32.8 Å². The number of benzene rings is 1. The summed E-state index contributed by atoms with van der Waals surface area (Å²) in [7, 11) is -4.83. The maximum atomic E-state index is 11.2.